The summed E-state index contributed by atoms with van der Waals surface area (Å²) in [6.07, 6.45) is -0.388. The summed E-state index contributed by atoms with van der Waals surface area (Å²) in [5.41, 5.74) is -1.05. The molecule has 1 amide bonds. The summed E-state index contributed by atoms with van der Waals surface area (Å²) in [5.74, 6) is -5.45. The molecule has 1 aromatic heterocycles. The van der Waals surface area contributed by atoms with Crippen LogP contribution in [0.2, 0.25) is 0 Å². The predicted molar refractivity (Wildman–Crippen MR) is 111 cm³/mol. The summed E-state index contributed by atoms with van der Waals surface area (Å²) >= 11 is 0. The molecule has 3 heterocycles. The van der Waals surface area contributed by atoms with Gasteiger partial charge in [-0.15, -0.1) is 0 Å². The van der Waals surface area contributed by atoms with E-state index in [0.29, 0.717) is 25.7 Å². The zero-order valence-electron chi connectivity index (χ0n) is 18.1. The number of amides is 1. The van der Waals surface area contributed by atoms with Crippen LogP contribution in [0.3, 0.4) is 0 Å². The highest BCUT2D eigenvalue weighted by atomic mass is 16.7. The summed E-state index contributed by atoms with van der Waals surface area (Å²) in [5, 5.41) is 85.9. The van der Waals surface area contributed by atoms with Crippen molar-refractivity contribution in [1.29, 1.82) is 0 Å². The number of piperidine rings is 2. The van der Waals surface area contributed by atoms with Crippen molar-refractivity contribution in [3.05, 3.63) is 11.3 Å². The Morgan fingerprint density at radius 1 is 1.00 bits per heavy atom. The molecule has 182 valence electrons. The number of phenols is 3. The second-order valence-electron chi connectivity index (χ2n) is 9.01. The van der Waals surface area contributed by atoms with Crippen LogP contribution in [0.4, 0.5) is 0 Å². The molecule has 2 aliphatic heterocycles. The third kappa shape index (κ3) is 3.86. The van der Waals surface area contributed by atoms with Crippen molar-refractivity contribution in [3.63, 3.8) is 0 Å². The highest BCUT2D eigenvalue weighted by molar-refractivity contribution is 6.09. The largest absolute Gasteiger partial charge is 0.504 e. The van der Waals surface area contributed by atoms with Crippen molar-refractivity contribution in [3.8, 4) is 17.2 Å². The SMILES string of the molecule is Cc1c(O)c(O)c(O)c2c(C(=O)NC3CC4CCCC(C3)N4C(C)(O)O)nn(C(O)(O)O)c12. The molecular weight excluding hydrogens is 440 g/mol. The third-order valence-electron chi connectivity index (χ3n) is 6.58. The van der Waals surface area contributed by atoms with Crippen molar-refractivity contribution in [2.24, 2.45) is 0 Å². The minimum Gasteiger partial charge on any atom is -0.504 e. The average Bonchev–Trinajstić information content (AvgIpc) is 3.10. The molecule has 9 N–H and O–H groups in total. The first kappa shape index (κ1) is 23.5. The van der Waals surface area contributed by atoms with Gasteiger partial charge >= 0.3 is 6.10 Å². The number of fused-ring (bicyclic) bond motifs is 3. The van der Waals surface area contributed by atoms with Gasteiger partial charge in [0.05, 0.1) is 10.9 Å². The van der Waals surface area contributed by atoms with Crippen molar-refractivity contribution >= 4 is 16.8 Å². The van der Waals surface area contributed by atoms with Crippen LogP contribution in [0.25, 0.3) is 10.9 Å². The van der Waals surface area contributed by atoms with Gasteiger partial charge in [-0.05, 0) is 32.6 Å². The minimum absolute atomic E-state index is 0.165. The molecule has 2 bridgehead atoms. The number of aromatic nitrogens is 2. The topological polar surface area (TPSA) is 212 Å². The molecule has 2 aromatic rings. The summed E-state index contributed by atoms with van der Waals surface area (Å²) in [7, 11) is 0. The van der Waals surface area contributed by atoms with Gasteiger partial charge in [-0.1, -0.05) is 6.42 Å². The normalized spacial score (nSPS) is 24.3. The highest BCUT2D eigenvalue weighted by Crippen LogP contribution is 2.46. The van der Waals surface area contributed by atoms with E-state index in [2.05, 4.69) is 10.4 Å². The summed E-state index contributed by atoms with van der Waals surface area (Å²) < 4.78 is 0.242. The lowest BCUT2D eigenvalue weighted by atomic mass is 9.81. The van der Waals surface area contributed by atoms with Gasteiger partial charge in [0.2, 0.25) is 11.7 Å². The Morgan fingerprint density at radius 3 is 2.09 bits per heavy atom. The molecule has 0 radical (unpaired) electrons. The maximum absolute atomic E-state index is 13.1. The number of hydrogen-bond donors (Lipinski definition) is 9. The Morgan fingerprint density at radius 2 is 1.58 bits per heavy atom. The predicted octanol–water partition coefficient (Wildman–Crippen LogP) is -1.22. The Hall–Kier alpha value is -2.68. The Kier molecular flexibility index (Phi) is 5.47. The van der Waals surface area contributed by atoms with E-state index in [1.54, 1.807) is 4.90 Å². The fourth-order valence-electron chi connectivity index (χ4n) is 5.33. The summed E-state index contributed by atoms with van der Waals surface area (Å²) in [4.78, 5) is 14.8. The number of phenolic OH excluding ortho intramolecular Hbond substituents is 3. The Balaban J connectivity index is 1.70. The van der Waals surface area contributed by atoms with E-state index >= 15 is 0 Å². The van der Waals surface area contributed by atoms with E-state index in [0.717, 1.165) is 6.42 Å². The highest BCUT2D eigenvalue weighted by Gasteiger charge is 2.46. The molecule has 2 aliphatic rings. The van der Waals surface area contributed by atoms with E-state index in [-0.39, 0.29) is 33.9 Å². The molecule has 33 heavy (non-hydrogen) atoms. The fraction of sp³-hybridized carbons (Fsp3) is 0.600. The number of benzene rings is 1. The quantitative estimate of drug-likeness (QED) is 0.192. The summed E-state index contributed by atoms with van der Waals surface area (Å²) in [6.45, 7) is 2.56. The zero-order valence-corrected chi connectivity index (χ0v) is 18.1. The molecule has 4 rings (SSSR count). The van der Waals surface area contributed by atoms with Crippen molar-refractivity contribution in [1.82, 2.24) is 20.0 Å². The van der Waals surface area contributed by atoms with Gasteiger partial charge in [0.15, 0.2) is 17.2 Å². The van der Waals surface area contributed by atoms with E-state index < -0.39 is 46.2 Å². The minimum atomic E-state index is -3.56. The van der Waals surface area contributed by atoms with Crippen LogP contribution in [0.15, 0.2) is 0 Å². The lowest BCUT2D eigenvalue weighted by molar-refractivity contribution is -0.378. The summed E-state index contributed by atoms with van der Waals surface area (Å²) in [6, 6.07) is -0.759. The van der Waals surface area contributed by atoms with Crippen LogP contribution < -0.4 is 5.32 Å². The number of aliphatic hydroxyl groups is 5. The molecule has 2 fully saturated rings. The Bertz CT molecular complexity index is 1090. The third-order valence-corrected chi connectivity index (χ3v) is 6.58. The van der Waals surface area contributed by atoms with Crippen LogP contribution in [-0.4, -0.2) is 85.5 Å². The standard InChI is InChI=1S/C20H28N4O9/c1-8-14-12(16(26)17(27)15(8)25)13(22-24(14)20(31,32)33)18(28)21-9-6-10-4-3-5-11(7-9)23(10)19(2,29)30/h9-11,25-27,29-33H,3-7H2,1-2H3,(H,21,28). The Labute approximate surface area is 187 Å². The maximum Gasteiger partial charge on any atom is 0.389 e. The molecule has 2 atom stereocenters. The number of rotatable bonds is 4. The number of nitrogens with zero attached hydrogens (tertiary/aromatic N) is 3. The van der Waals surface area contributed by atoms with E-state index in [1.165, 1.54) is 13.8 Å². The van der Waals surface area contributed by atoms with Gasteiger partial charge in [-0.3, -0.25) is 4.79 Å². The van der Waals surface area contributed by atoms with E-state index in [9.17, 15) is 45.6 Å². The van der Waals surface area contributed by atoms with Gasteiger partial charge in [0.25, 0.3) is 5.91 Å². The molecule has 2 saturated heterocycles. The second kappa shape index (κ2) is 7.68. The zero-order chi connectivity index (χ0) is 24.5. The number of hydrogen-bond acceptors (Lipinski definition) is 11. The number of aromatic hydroxyl groups is 3. The number of aryl methyl sites for hydroxylation is 1. The first-order chi connectivity index (χ1) is 15.2. The molecule has 13 heteroatoms. The van der Waals surface area contributed by atoms with Gasteiger partial charge in [-0.25, -0.2) is 4.90 Å². The number of carbonyl (C=O) groups is 1. The molecule has 1 aromatic carbocycles. The fourth-order valence-corrected chi connectivity index (χ4v) is 5.33. The van der Waals surface area contributed by atoms with Crippen LogP contribution in [0, 0.1) is 6.92 Å². The molecule has 2 unspecified atom stereocenters. The van der Waals surface area contributed by atoms with Crippen molar-refractivity contribution in [2.75, 3.05) is 0 Å². The molecule has 13 nitrogen and oxygen atoms in total. The lowest BCUT2D eigenvalue weighted by Crippen LogP contribution is -2.64. The smallest absolute Gasteiger partial charge is 0.389 e. The average molecular weight is 468 g/mol. The molecule has 0 aliphatic carbocycles. The van der Waals surface area contributed by atoms with Crippen molar-refractivity contribution < 1.29 is 45.6 Å². The molecule has 0 saturated carbocycles. The van der Waals surface area contributed by atoms with Crippen LogP contribution in [-0.2, 0) is 6.10 Å². The maximum atomic E-state index is 13.1. The lowest BCUT2D eigenvalue weighted by Gasteiger charge is -2.52. The van der Waals surface area contributed by atoms with Gasteiger partial charge in [0, 0.05) is 30.6 Å². The van der Waals surface area contributed by atoms with Gasteiger partial charge in [0.1, 0.15) is 0 Å². The second-order valence-corrected chi connectivity index (χ2v) is 9.01. The first-order valence-corrected chi connectivity index (χ1v) is 10.6. The molecule has 0 spiro atoms. The van der Waals surface area contributed by atoms with E-state index in [1.807, 2.05) is 0 Å². The van der Waals surface area contributed by atoms with Gasteiger partial charge < -0.3 is 46.2 Å². The van der Waals surface area contributed by atoms with Crippen LogP contribution in [0.1, 0.15) is 55.1 Å². The number of carbonyl (C=O) groups excluding carboxylic acids is 1. The monoisotopic (exact) mass is 468 g/mol. The van der Waals surface area contributed by atoms with E-state index in [4.69, 9.17) is 0 Å². The van der Waals surface area contributed by atoms with Gasteiger partial charge in [-0.2, -0.15) is 9.78 Å². The van der Waals surface area contributed by atoms with Crippen LogP contribution >= 0.6 is 0 Å². The van der Waals surface area contributed by atoms with Crippen LogP contribution in [0.5, 0.6) is 17.2 Å². The molecular formula is C20H28N4O9. The first-order valence-electron chi connectivity index (χ1n) is 10.6. The van der Waals surface area contributed by atoms with Crippen molar-refractivity contribution in [2.45, 2.75) is 76.1 Å². The number of nitrogens with one attached hydrogen (secondary N) is 1.